The first-order valence-corrected chi connectivity index (χ1v) is 9.70. The third-order valence-corrected chi connectivity index (χ3v) is 4.83. The summed E-state index contributed by atoms with van der Waals surface area (Å²) >= 11 is 1.57. The van der Waals surface area contributed by atoms with E-state index in [4.69, 9.17) is 5.11 Å². The Labute approximate surface area is 161 Å². The molecule has 0 saturated heterocycles. The number of aliphatic carboxylic acids is 1. The quantitative estimate of drug-likeness (QED) is 0.622. The number of nitrogens with one attached hydrogen (secondary N) is 1. The van der Waals surface area contributed by atoms with Crippen molar-refractivity contribution in [3.05, 3.63) is 65.2 Å². The number of rotatable bonds is 9. The maximum atomic E-state index is 13.2. The number of carbonyl (C=O) groups excluding carboxylic acids is 1. The van der Waals surface area contributed by atoms with Crippen LogP contribution in [0.15, 0.2) is 47.4 Å². The molecule has 1 atom stereocenters. The highest BCUT2D eigenvalue weighted by Gasteiger charge is 2.18. The van der Waals surface area contributed by atoms with E-state index >= 15 is 0 Å². The van der Waals surface area contributed by atoms with Gasteiger partial charge in [-0.05, 0) is 54.5 Å². The van der Waals surface area contributed by atoms with Crippen molar-refractivity contribution in [2.24, 2.45) is 0 Å². The number of thioether (sulfide) groups is 1. The minimum Gasteiger partial charge on any atom is -0.481 e. The number of hydrogen-bond acceptors (Lipinski definition) is 3. The summed E-state index contributed by atoms with van der Waals surface area (Å²) in [5.74, 6) is -3.10. The van der Waals surface area contributed by atoms with Gasteiger partial charge in [-0.15, -0.1) is 11.8 Å². The molecule has 1 unspecified atom stereocenters. The van der Waals surface area contributed by atoms with E-state index in [9.17, 15) is 18.4 Å². The number of hydrogen-bond donors (Lipinski definition) is 2. The van der Waals surface area contributed by atoms with E-state index < -0.39 is 23.6 Å². The molecule has 2 rings (SSSR count). The number of benzene rings is 2. The molecule has 144 valence electrons. The van der Waals surface area contributed by atoms with Crippen molar-refractivity contribution in [2.45, 2.75) is 36.6 Å². The molecular weight excluding hydrogens is 372 g/mol. The molecule has 0 bridgehead atoms. The fourth-order valence-electron chi connectivity index (χ4n) is 2.68. The molecule has 2 aromatic rings. The van der Waals surface area contributed by atoms with Gasteiger partial charge in [0.15, 0.2) is 11.6 Å². The second-order valence-electron chi connectivity index (χ2n) is 6.09. The van der Waals surface area contributed by atoms with Gasteiger partial charge < -0.3 is 10.4 Å². The molecular formula is C20H21F2NO3S. The van der Waals surface area contributed by atoms with Gasteiger partial charge in [0.25, 0.3) is 0 Å². The van der Waals surface area contributed by atoms with E-state index in [1.54, 1.807) is 23.9 Å². The second-order valence-corrected chi connectivity index (χ2v) is 6.97. The molecule has 0 aliphatic rings. The molecule has 0 aromatic heterocycles. The lowest BCUT2D eigenvalue weighted by atomic mass is 10.0. The van der Waals surface area contributed by atoms with Gasteiger partial charge in [-0.3, -0.25) is 9.59 Å². The van der Waals surface area contributed by atoms with Crippen LogP contribution in [0, 0.1) is 11.6 Å². The Kier molecular flexibility index (Phi) is 7.79. The molecule has 2 aromatic carbocycles. The van der Waals surface area contributed by atoms with Gasteiger partial charge in [0.1, 0.15) is 0 Å². The average molecular weight is 393 g/mol. The first-order chi connectivity index (χ1) is 12.9. The number of carbonyl (C=O) groups is 2. The van der Waals surface area contributed by atoms with E-state index in [0.717, 1.165) is 22.6 Å². The molecule has 7 heteroatoms. The lowest BCUT2D eigenvalue weighted by Crippen LogP contribution is -2.30. The van der Waals surface area contributed by atoms with Crippen LogP contribution < -0.4 is 5.32 Å². The largest absolute Gasteiger partial charge is 0.481 e. The maximum absolute atomic E-state index is 13.2. The summed E-state index contributed by atoms with van der Waals surface area (Å²) in [6.07, 6.45) is 2.77. The van der Waals surface area contributed by atoms with E-state index in [-0.39, 0.29) is 18.7 Å². The van der Waals surface area contributed by atoms with Gasteiger partial charge >= 0.3 is 5.97 Å². The SMILES string of the molecule is CSc1ccc(C(CC(=O)O)NC(=O)CCCc2ccc(F)c(F)c2)cc1. The van der Waals surface area contributed by atoms with Gasteiger partial charge in [-0.1, -0.05) is 18.2 Å². The highest BCUT2D eigenvalue weighted by molar-refractivity contribution is 7.98. The van der Waals surface area contributed by atoms with E-state index in [1.807, 2.05) is 18.4 Å². The number of carboxylic acids is 1. The van der Waals surface area contributed by atoms with Gasteiger partial charge in [-0.2, -0.15) is 0 Å². The zero-order valence-corrected chi connectivity index (χ0v) is 15.7. The molecule has 0 heterocycles. The minimum absolute atomic E-state index is 0.165. The summed E-state index contributed by atoms with van der Waals surface area (Å²) in [4.78, 5) is 24.4. The maximum Gasteiger partial charge on any atom is 0.305 e. The average Bonchev–Trinajstić information content (AvgIpc) is 2.64. The van der Waals surface area contributed by atoms with Crippen molar-refractivity contribution in [3.63, 3.8) is 0 Å². The molecule has 0 saturated carbocycles. The zero-order chi connectivity index (χ0) is 19.8. The lowest BCUT2D eigenvalue weighted by molar-refractivity contribution is -0.137. The normalized spacial score (nSPS) is 11.8. The van der Waals surface area contributed by atoms with Crippen LogP contribution in [-0.4, -0.2) is 23.2 Å². The molecule has 4 nitrogen and oxygen atoms in total. The first kappa shape index (κ1) is 20.9. The van der Waals surface area contributed by atoms with Crippen molar-refractivity contribution in [2.75, 3.05) is 6.26 Å². The Morgan fingerprint density at radius 1 is 1.11 bits per heavy atom. The standard InChI is InChI=1S/C20H21F2NO3S/c1-27-15-8-6-14(7-9-15)18(12-20(25)26)23-19(24)4-2-3-13-5-10-16(21)17(22)11-13/h5-11,18H,2-4,12H2,1H3,(H,23,24)(H,25,26). The highest BCUT2D eigenvalue weighted by atomic mass is 32.2. The highest BCUT2D eigenvalue weighted by Crippen LogP contribution is 2.22. The zero-order valence-electron chi connectivity index (χ0n) is 14.9. The van der Waals surface area contributed by atoms with Gasteiger partial charge in [0.2, 0.25) is 5.91 Å². The first-order valence-electron chi connectivity index (χ1n) is 8.48. The number of carboxylic acid groups (broad SMARTS) is 1. The summed E-state index contributed by atoms with van der Waals surface area (Å²) in [7, 11) is 0. The van der Waals surface area contributed by atoms with E-state index in [0.29, 0.717) is 18.4 Å². The smallest absolute Gasteiger partial charge is 0.305 e. The number of halogens is 2. The molecule has 0 spiro atoms. The van der Waals surface area contributed by atoms with Crippen LogP contribution in [0.1, 0.15) is 36.4 Å². The van der Waals surface area contributed by atoms with Crippen LogP contribution in [0.4, 0.5) is 8.78 Å². The molecule has 0 fully saturated rings. The fourth-order valence-corrected chi connectivity index (χ4v) is 3.09. The third-order valence-electron chi connectivity index (χ3n) is 4.09. The third kappa shape index (κ3) is 6.67. The predicted molar refractivity (Wildman–Crippen MR) is 101 cm³/mol. The summed E-state index contributed by atoms with van der Waals surface area (Å²) in [5, 5.41) is 11.9. The summed E-state index contributed by atoms with van der Waals surface area (Å²) < 4.78 is 26.1. The Hall–Kier alpha value is -2.41. The summed E-state index contributed by atoms with van der Waals surface area (Å²) in [5.41, 5.74) is 1.33. The van der Waals surface area contributed by atoms with Crippen LogP contribution in [0.2, 0.25) is 0 Å². The lowest BCUT2D eigenvalue weighted by Gasteiger charge is -2.18. The van der Waals surface area contributed by atoms with Crippen LogP contribution in [-0.2, 0) is 16.0 Å². The van der Waals surface area contributed by atoms with Gasteiger partial charge in [0.05, 0.1) is 12.5 Å². The Morgan fingerprint density at radius 3 is 2.41 bits per heavy atom. The molecule has 2 N–H and O–H groups in total. The summed E-state index contributed by atoms with van der Waals surface area (Å²) in [6, 6.07) is 10.4. The monoisotopic (exact) mass is 393 g/mol. The number of aryl methyl sites for hydroxylation is 1. The van der Waals surface area contributed by atoms with E-state index in [2.05, 4.69) is 5.32 Å². The minimum atomic E-state index is -1.00. The van der Waals surface area contributed by atoms with Gasteiger partial charge in [0, 0.05) is 11.3 Å². The van der Waals surface area contributed by atoms with Crippen molar-refractivity contribution in [1.29, 1.82) is 0 Å². The molecule has 27 heavy (non-hydrogen) atoms. The summed E-state index contributed by atoms with van der Waals surface area (Å²) in [6.45, 7) is 0. The Morgan fingerprint density at radius 2 is 1.81 bits per heavy atom. The van der Waals surface area contributed by atoms with Crippen LogP contribution in [0.25, 0.3) is 0 Å². The Bertz CT molecular complexity index is 796. The topological polar surface area (TPSA) is 66.4 Å². The number of amides is 1. The van der Waals surface area contributed by atoms with Crippen LogP contribution >= 0.6 is 11.8 Å². The molecule has 0 aliphatic carbocycles. The van der Waals surface area contributed by atoms with Crippen molar-refractivity contribution in [1.82, 2.24) is 5.32 Å². The van der Waals surface area contributed by atoms with Crippen LogP contribution in [0.3, 0.4) is 0 Å². The molecule has 0 radical (unpaired) electrons. The molecule has 1 amide bonds. The predicted octanol–water partition coefficient (Wildman–Crippen LogP) is 4.34. The van der Waals surface area contributed by atoms with Crippen LogP contribution in [0.5, 0.6) is 0 Å². The van der Waals surface area contributed by atoms with Gasteiger partial charge in [-0.25, -0.2) is 8.78 Å². The van der Waals surface area contributed by atoms with Crippen molar-refractivity contribution in [3.8, 4) is 0 Å². The van der Waals surface area contributed by atoms with Crippen molar-refractivity contribution >= 4 is 23.6 Å². The van der Waals surface area contributed by atoms with E-state index in [1.165, 1.54) is 6.07 Å². The Balaban J connectivity index is 1.92. The van der Waals surface area contributed by atoms with Crippen molar-refractivity contribution < 1.29 is 23.5 Å². The molecule has 0 aliphatic heterocycles. The second kappa shape index (κ2) is 10.1. The fraction of sp³-hybridized carbons (Fsp3) is 0.300.